The third-order valence-electron chi connectivity index (χ3n) is 7.42. The van der Waals surface area contributed by atoms with Gasteiger partial charge in [0.2, 0.25) is 0 Å². The van der Waals surface area contributed by atoms with Gasteiger partial charge in [0.15, 0.2) is 0 Å². The fourth-order valence-corrected chi connectivity index (χ4v) is 6.69. The molecule has 5 rings (SSSR count). The molecular weight excluding hydrogens is 406 g/mol. The number of carbonyl (C=O) groups excluding carboxylic acids is 1. The van der Waals surface area contributed by atoms with Crippen molar-refractivity contribution >= 4 is 17.2 Å². The van der Waals surface area contributed by atoms with E-state index in [0.717, 1.165) is 75.9 Å². The number of likely N-dealkylation sites (tertiary alicyclic amines) is 1. The SMILES string of the molecule is CCc1cc2c(s1)CCOC21CCN(CC2CC(NC(=O)c3ccncc3C)C2)CC1. The van der Waals surface area contributed by atoms with Crippen molar-refractivity contribution in [3.8, 4) is 0 Å². The number of ether oxygens (including phenoxy) is 1. The third-order valence-corrected chi connectivity index (χ3v) is 8.76. The lowest BCUT2D eigenvalue weighted by Gasteiger charge is -2.46. The summed E-state index contributed by atoms with van der Waals surface area (Å²) >= 11 is 2.00. The first-order valence-corrected chi connectivity index (χ1v) is 12.6. The van der Waals surface area contributed by atoms with E-state index in [2.05, 4.69) is 28.2 Å². The Morgan fingerprint density at radius 1 is 1.35 bits per heavy atom. The van der Waals surface area contributed by atoms with Crippen LogP contribution in [0.2, 0.25) is 0 Å². The van der Waals surface area contributed by atoms with Gasteiger partial charge < -0.3 is 15.0 Å². The van der Waals surface area contributed by atoms with Gasteiger partial charge in [-0.25, -0.2) is 0 Å². The van der Waals surface area contributed by atoms with E-state index in [1.165, 1.54) is 10.4 Å². The average molecular weight is 440 g/mol. The average Bonchev–Trinajstić information content (AvgIpc) is 3.19. The van der Waals surface area contributed by atoms with Gasteiger partial charge in [-0.3, -0.25) is 9.78 Å². The van der Waals surface area contributed by atoms with Crippen molar-refractivity contribution in [3.05, 3.63) is 51.0 Å². The highest BCUT2D eigenvalue weighted by Crippen LogP contribution is 2.45. The Hall–Kier alpha value is -1.76. The summed E-state index contributed by atoms with van der Waals surface area (Å²) in [7, 11) is 0. The minimum Gasteiger partial charge on any atom is -0.370 e. The molecule has 2 aliphatic heterocycles. The van der Waals surface area contributed by atoms with Crippen LogP contribution in [0.1, 0.15) is 63.8 Å². The number of nitrogens with one attached hydrogen (secondary N) is 1. The van der Waals surface area contributed by atoms with Gasteiger partial charge in [0.1, 0.15) is 0 Å². The number of amides is 1. The summed E-state index contributed by atoms with van der Waals surface area (Å²) in [6, 6.07) is 4.54. The highest BCUT2D eigenvalue weighted by molar-refractivity contribution is 7.12. The molecule has 1 spiro atoms. The molecule has 2 aromatic rings. The Morgan fingerprint density at radius 2 is 2.16 bits per heavy atom. The molecule has 1 amide bonds. The van der Waals surface area contributed by atoms with Gasteiger partial charge in [-0.05, 0) is 68.2 Å². The minimum atomic E-state index is -0.0352. The highest BCUT2D eigenvalue weighted by Gasteiger charge is 2.42. The van der Waals surface area contributed by atoms with Crippen molar-refractivity contribution in [1.82, 2.24) is 15.2 Å². The van der Waals surface area contributed by atoms with Crippen LogP contribution < -0.4 is 5.32 Å². The number of aromatic nitrogens is 1. The molecule has 1 aliphatic carbocycles. The Morgan fingerprint density at radius 3 is 2.90 bits per heavy atom. The van der Waals surface area contributed by atoms with Crippen LogP contribution in [0.5, 0.6) is 0 Å². The monoisotopic (exact) mass is 439 g/mol. The van der Waals surface area contributed by atoms with Crippen LogP contribution in [0.25, 0.3) is 0 Å². The van der Waals surface area contributed by atoms with E-state index in [1.54, 1.807) is 23.3 Å². The molecule has 0 bridgehead atoms. The predicted octanol–water partition coefficient (Wildman–Crippen LogP) is 4.09. The second-order valence-corrected chi connectivity index (χ2v) is 10.7. The van der Waals surface area contributed by atoms with E-state index in [-0.39, 0.29) is 11.5 Å². The largest absolute Gasteiger partial charge is 0.370 e. The lowest BCUT2D eigenvalue weighted by atomic mass is 9.78. The third kappa shape index (κ3) is 4.18. The van der Waals surface area contributed by atoms with Crippen molar-refractivity contribution < 1.29 is 9.53 Å². The fraction of sp³-hybridized carbons (Fsp3) is 0.600. The van der Waals surface area contributed by atoms with Crippen LogP contribution in [0.4, 0.5) is 0 Å². The first-order valence-electron chi connectivity index (χ1n) is 11.8. The maximum Gasteiger partial charge on any atom is 0.251 e. The van der Waals surface area contributed by atoms with Crippen molar-refractivity contribution in [3.63, 3.8) is 0 Å². The number of rotatable bonds is 5. The number of aryl methyl sites for hydroxylation is 2. The number of hydrogen-bond acceptors (Lipinski definition) is 5. The summed E-state index contributed by atoms with van der Waals surface area (Å²) in [4.78, 5) is 22.3. The number of piperidine rings is 1. The van der Waals surface area contributed by atoms with E-state index < -0.39 is 0 Å². The summed E-state index contributed by atoms with van der Waals surface area (Å²) in [6.45, 7) is 8.43. The molecule has 0 atom stereocenters. The summed E-state index contributed by atoms with van der Waals surface area (Å²) < 4.78 is 6.42. The molecule has 6 heteroatoms. The Labute approximate surface area is 189 Å². The number of nitrogens with zero attached hydrogens (tertiary/aromatic N) is 2. The standard InChI is InChI=1S/C25H33N3O2S/c1-3-20-14-22-23(31-20)5-11-30-25(22)6-9-28(10-7-25)16-18-12-19(13-18)27-24(29)21-4-8-26-15-17(21)2/h4,8,14-15,18-19H,3,5-7,9-13,16H2,1-2H3,(H,27,29). The van der Waals surface area contributed by atoms with Gasteiger partial charge in [-0.15, -0.1) is 11.3 Å². The van der Waals surface area contributed by atoms with Crippen LogP contribution in [-0.4, -0.2) is 48.1 Å². The molecule has 2 aromatic heterocycles. The van der Waals surface area contributed by atoms with E-state index in [9.17, 15) is 4.79 Å². The molecule has 4 heterocycles. The van der Waals surface area contributed by atoms with Gasteiger partial charge in [0.05, 0.1) is 12.2 Å². The van der Waals surface area contributed by atoms with Gasteiger partial charge in [0.25, 0.3) is 5.91 Å². The summed E-state index contributed by atoms with van der Waals surface area (Å²) in [5, 5.41) is 3.20. The predicted molar refractivity (Wildman–Crippen MR) is 124 cm³/mol. The lowest BCUT2D eigenvalue weighted by molar-refractivity contribution is -0.0995. The zero-order valence-corrected chi connectivity index (χ0v) is 19.5. The van der Waals surface area contributed by atoms with Crippen LogP contribution in [0, 0.1) is 12.8 Å². The van der Waals surface area contributed by atoms with Crippen molar-refractivity contribution in [1.29, 1.82) is 0 Å². The lowest BCUT2D eigenvalue weighted by Crippen LogP contribution is -2.51. The number of thiophene rings is 1. The quantitative estimate of drug-likeness (QED) is 0.763. The van der Waals surface area contributed by atoms with Gasteiger partial charge in [-0.2, -0.15) is 0 Å². The fourth-order valence-electron chi connectivity index (χ4n) is 5.52. The Bertz CT molecular complexity index is 942. The normalized spacial score (nSPS) is 25.1. The Kier molecular flexibility index (Phi) is 5.88. The molecule has 0 radical (unpaired) electrons. The first kappa shape index (κ1) is 21.1. The molecule has 0 aromatic carbocycles. The molecule has 31 heavy (non-hydrogen) atoms. The minimum absolute atomic E-state index is 0.0352. The molecule has 1 saturated carbocycles. The molecule has 1 N–H and O–H groups in total. The molecule has 166 valence electrons. The van der Waals surface area contributed by atoms with Crippen LogP contribution in [0.3, 0.4) is 0 Å². The van der Waals surface area contributed by atoms with E-state index in [1.807, 2.05) is 18.3 Å². The molecule has 5 nitrogen and oxygen atoms in total. The van der Waals surface area contributed by atoms with E-state index in [4.69, 9.17) is 4.74 Å². The molecule has 0 unspecified atom stereocenters. The number of carbonyl (C=O) groups is 1. The maximum absolute atomic E-state index is 12.5. The van der Waals surface area contributed by atoms with Crippen molar-refractivity contribution in [2.75, 3.05) is 26.2 Å². The molecular formula is C25H33N3O2S. The number of pyridine rings is 1. The van der Waals surface area contributed by atoms with Crippen LogP contribution >= 0.6 is 11.3 Å². The van der Waals surface area contributed by atoms with Crippen LogP contribution in [0.15, 0.2) is 24.5 Å². The van der Waals surface area contributed by atoms with Crippen LogP contribution in [-0.2, 0) is 23.2 Å². The second-order valence-electron chi connectivity index (χ2n) is 9.49. The Balaban J connectivity index is 1.10. The topological polar surface area (TPSA) is 54.5 Å². The summed E-state index contributed by atoms with van der Waals surface area (Å²) in [5.41, 5.74) is 3.14. The van der Waals surface area contributed by atoms with Gasteiger partial charge in [-0.1, -0.05) is 6.92 Å². The summed E-state index contributed by atoms with van der Waals surface area (Å²) in [5.74, 6) is 0.726. The van der Waals surface area contributed by atoms with Crippen molar-refractivity contribution in [2.24, 2.45) is 5.92 Å². The molecule has 3 aliphatic rings. The second kappa shape index (κ2) is 8.64. The van der Waals surface area contributed by atoms with Crippen molar-refractivity contribution in [2.45, 2.75) is 64.0 Å². The zero-order valence-electron chi connectivity index (χ0n) is 18.7. The number of fused-ring (bicyclic) bond motifs is 2. The zero-order chi connectivity index (χ0) is 21.4. The number of hydrogen-bond donors (Lipinski definition) is 1. The first-order chi connectivity index (χ1) is 15.1. The summed E-state index contributed by atoms with van der Waals surface area (Å²) in [6.07, 6.45) is 10.0. The molecule has 2 fully saturated rings. The smallest absolute Gasteiger partial charge is 0.251 e. The van der Waals surface area contributed by atoms with E-state index >= 15 is 0 Å². The van der Waals surface area contributed by atoms with E-state index in [0.29, 0.717) is 12.0 Å². The maximum atomic E-state index is 12.5. The van der Waals surface area contributed by atoms with Gasteiger partial charge in [0, 0.05) is 59.8 Å². The molecule has 1 saturated heterocycles. The highest BCUT2D eigenvalue weighted by atomic mass is 32.1. The van der Waals surface area contributed by atoms with Gasteiger partial charge >= 0.3 is 0 Å².